The third kappa shape index (κ3) is 3.48. The van der Waals surface area contributed by atoms with E-state index >= 15 is 0 Å². The Morgan fingerprint density at radius 3 is 2.75 bits per heavy atom. The lowest BCUT2D eigenvalue weighted by molar-refractivity contribution is 0.357. The van der Waals surface area contributed by atoms with E-state index in [1.807, 2.05) is 48.8 Å². The quantitative estimate of drug-likeness (QED) is 0.402. The van der Waals surface area contributed by atoms with Gasteiger partial charge in [-0.2, -0.15) is 0 Å². The average molecular weight is 419 g/mol. The highest BCUT2D eigenvalue weighted by atomic mass is 16.5. The third-order valence-electron chi connectivity index (χ3n) is 5.88. The molecule has 0 bridgehead atoms. The number of benzene rings is 3. The zero-order valence-electron chi connectivity index (χ0n) is 17.5. The van der Waals surface area contributed by atoms with Crippen molar-refractivity contribution in [3.05, 3.63) is 102 Å². The fourth-order valence-corrected chi connectivity index (χ4v) is 4.17. The predicted octanol–water partition coefficient (Wildman–Crippen LogP) is 5.63. The molecule has 0 saturated carbocycles. The number of hydrogen-bond acceptors (Lipinski definition) is 4. The molecule has 1 aliphatic heterocycles. The molecule has 0 amide bonds. The van der Waals surface area contributed by atoms with Crippen molar-refractivity contribution in [2.45, 2.75) is 13.0 Å². The number of fused-ring (bicyclic) bond motifs is 2. The van der Waals surface area contributed by atoms with Crippen LogP contribution in [0.5, 0.6) is 5.75 Å². The summed E-state index contributed by atoms with van der Waals surface area (Å²) in [5.41, 5.74) is 7.75. The van der Waals surface area contributed by atoms with Crippen LogP contribution in [-0.4, -0.2) is 21.1 Å². The van der Waals surface area contributed by atoms with E-state index in [1.54, 1.807) is 0 Å². The summed E-state index contributed by atoms with van der Waals surface area (Å²) in [7, 11) is 0. The van der Waals surface area contributed by atoms with Gasteiger partial charge in [-0.05, 0) is 65.7 Å². The van der Waals surface area contributed by atoms with Crippen LogP contribution in [0.15, 0.2) is 91.3 Å². The van der Waals surface area contributed by atoms with Gasteiger partial charge in [0, 0.05) is 24.2 Å². The number of hydrogen-bond donors (Lipinski definition) is 1. The van der Waals surface area contributed by atoms with Crippen LogP contribution in [0.2, 0.25) is 0 Å². The highest BCUT2D eigenvalue weighted by Gasteiger charge is 2.13. The fourth-order valence-electron chi connectivity index (χ4n) is 4.17. The summed E-state index contributed by atoms with van der Waals surface area (Å²) in [6.07, 6.45) is 2.84. The monoisotopic (exact) mass is 418 g/mol. The molecule has 3 aromatic carbocycles. The van der Waals surface area contributed by atoms with Gasteiger partial charge in [0.1, 0.15) is 17.9 Å². The highest BCUT2D eigenvalue weighted by Crippen LogP contribution is 2.30. The third-order valence-corrected chi connectivity index (χ3v) is 5.88. The van der Waals surface area contributed by atoms with Crippen molar-refractivity contribution in [1.82, 2.24) is 14.5 Å². The molecule has 0 atom stereocenters. The van der Waals surface area contributed by atoms with E-state index in [4.69, 9.17) is 9.72 Å². The van der Waals surface area contributed by atoms with Gasteiger partial charge in [0.25, 0.3) is 0 Å². The van der Waals surface area contributed by atoms with Gasteiger partial charge in [-0.25, -0.2) is 9.97 Å². The smallest absolute Gasteiger partial charge is 0.126 e. The van der Waals surface area contributed by atoms with E-state index in [0.717, 1.165) is 52.6 Å². The van der Waals surface area contributed by atoms with Crippen LogP contribution in [0.3, 0.4) is 0 Å². The number of nitrogens with one attached hydrogen (secondary N) is 1. The molecule has 156 valence electrons. The van der Waals surface area contributed by atoms with Crippen LogP contribution in [0.4, 0.5) is 5.82 Å². The maximum atomic E-state index is 5.62. The molecule has 3 heterocycles. The van der Waals surface area contributed by atoms with E-state index in [1.165, 1.54) is 11.1 Å². The number of aromatic nitrogens is 3. The molecule has 0 aliphatic carbocycles. The van der Waals surface area contributed by atoms with Crippen molar-refractivity contribution in [3.63, 3.8) is 0 Å². The lowest BCUT2D eigenvalue weighted by Crippen LogP contribution is -2.02. The molecule has 0 saturated heterocycles. The van der Waals surface area contributed by atoms with Crippen LogP contribution >= 0.6 is 0 Å². The minimum Gasteiger partial charge on any atom is -0.493 e. The Bertz CT molecular complexity index is 1410. The van der Waals surface area contributed by atoms with Crippen molar-refractivity contribution in [2.75, 3.05) is 11.9 Å². The van der Waals surface area contributed by atoms with Gasteiger partial charge < -0.3 is 10.1 Å². The maximum Gasteiger partial charge on any atom is 0.126 e. The summed E-state index contributed by atoms with van der Waals surface area (Å²) in [5.74, 6) is 1.86. The second kappa shape index (κ2) is 7.85. The van der Waals surface area contributed by atoms with E-state index < -0.39 is 0 Å². The summed E-state index contributed by atoms with van der Waals surface area (Å²) in [5, 5.41) is 3.45. The number of nitrogens with zero attached hydrogens (tertiary/aromatic N) is 3. The normalized spacial score (nSPS) is 12.5. The highest BCUT2D eigenvalue weighted by molar-refractivity contribution is 5.77. The van der Waals surface area contributed by atoms with Gasteiger partial charge in [0.05, 0.1) is 23.3 Å². The standard InChI is InChI=1S/C27H22N4O/c1-2-6-25-24(4-1)29-18-31(25)22-11-8-19(9-12-22)17-28-27-7-3-5-23(30-27)20-10-13-26-21(16-20)14-15-32-26/h1-13,16,18H,14-15,17H2,(H,28,30). The molecule has 1 N–H and O–H groups in total. The lowest BCUT2D eigenvalue weighted by atomic mass is 10.1. The van der Waals surface area contributed by atoms with Gasteiger partial charge in [-0.1, -0.05) is 30.3 Å². The molecular formula is C27H22N4O. The molecule has 32 heavy (non-hydrogen) atoms. The van der Waals surface area contributed by atoms with E-state index in [0.29, 0.717) is 6.54 Å². The van der Waals surface area contributed by atoms with Crippen LogP contribution in [0.1, 0.15) is 11.1 Å². The fraction of sp³-hybridized carbons (Fsp3) is 0.111. The molecular weight excluding hydrogens is 396 g/mol. The minimum absolute atomic E-state index is 0.708. The molecule has 0 unspecified atom stereocenters. The van der Waals surface area contributed by atoms with E-state index in [-0.39, 0.29) is 0 Å². The van der Waals surface area contributed by atoms with Crippen LogP contribution in [0.25, 0.3) is 28.0 Å². The summed E-state index contributed by atoms with van der Waals surface area (Å²) in [4.78, 5) is 9.29. The zero-order valence-corrected chi connectivity index (χ0v) is 17.5. The number of para-hydroxylation sites is 2. The van der Waals surface area contributed by atoms with Crippen LogP contribution in [0, 0.1) is 0 Å². The van der Waals surface area contributed by atoms with Crippen molar-refractivity contribution in [2.24, 2.45) is 0 Å². The first kappa shape index (κ1) is 18.6. The Morgan fingerprint density at radius 1 is 0.906 bits per heavy atom. The largest absolute Gasteiger partial charge is 0.493 e. The summed E-state index contributed by atoms with van der Waals surface area (Å²) >= 11 is 0. The van der Waals surface area contributed by atoms with E-state index in [9.17, 15) is 0 Å². The zero-order chi connectivity index (χ0) is 21.3. The first-order chi connectivity index (χ1) is 15.8. The van der Waals surface area contributed by atoms with Crippen molar-refractivity contribution >= 4 is 16.9 Å². The molecule has 5 aromatic rings. The Morgan fingerprint density at radius 2 is 1.81 bits per heavy atom. The lowest BCUT2D eigenvalue weighted by Gasteiger charge is -2.10. The van der Waals surface area contributed by atoms with Gasteiger partial charge in [0.15, 0.2) is 0 Å². The molecule has 0 spiro atoms. The first-order valence-electron chi connectivity index (χ1n) is 10.8. The van der Waals surface area contributed by atoms with Crippen molar-refractivity contribution < 1.29 is 4.74 Å². The summed E-state index contributed by atoms with van der Waals surface area (Å²) < 4.78 is 7.73. The molecule has 2 aromatic heterocycles. The molecule has 6 rings (SSSR count). The van der Waals surface area contributed by atoms with Crippen LogP contribution in [-0.2, 0) is 13.0 Å². The molecule has 0 radical (unpaired) electrons. The van der Waals surface area contributed by atoms with Gasteiger partial charge >= 0.3 is 0 Å². The Balaban J connectivity index is 1.17. The van der Waals surface area contributed by atoms with Crippen molar-refractivity contribution in [3.8, 4) is 22.7 Å². The van der Waals surface area contributed by atoms with Gasteiger partial charge in [-0.3, -0.25) is 4.57 Å². The molecule has 5 nitrogen and oxygen atoms in total. The molecule has 1 aliphatic rings. The number of rotatable bonds is 5. The second-order valence-electron chi connectivity index (χ2n) is 7.95. The van der Waals surface area contributed by atoms with E-state index in [2.05, 4.69) is 57.3 Å². The van der Waals surface area contributed by atoms with Crippen molar-refractivity contribution in [1.29, 1.82) is 0 Å². The molecule has 5 heteroatoms. The van der Waals surface area contributed by atoms with Gasteiger partial charge in [-0.15, -0.1) is 0 Å². The Hall–Kier alpha value is -4.12. The number of ether oxygens (including phenoxy) is 1. The average Bonchev–Trinajstić information content (AvgIpc) is 3.50. The number of imidazole rings is 1. The Labute approximate surface area is 186 Å². The Kier molecular flexibility index (Phi) is 4.57. The number of pyridine rings is 1. The SMILES string of the molecule is c1cc(NCc2ccc(-n3cnc4ccccc43)cc2)nc(-c2ccc3c(c2)CCO3)c1. The predicted molar refractivity (Wildman–Crippen MR) is 127 cm³/mol. The first-order valence-corrected chi connectivity index (χ1v) is 10.8. The topological polar surface area (TPSA) is 52.0 Å². The second-order valence-corrected chi connectivity index (χ2v) is 7.95. The summed E-state index contributed by atoms with van der Waals surface area (Å²) in [6, 6.07) is 29.1. The summed E-state index contributed by atoms with van der Waals surface area (Å²) in [6.45, 7) is 1.48. The molecule has 0 fully saturated rings. The minimum atomic E-state index is 0.708. The van der Waals surface area contributed by atoms with Crippen LogP contribution < -0.4 is 10.1 Å². The number of anilines is 1. The van der Waals surface area contributed by atoms with Gasteiger partial charge in [0.2, 0.25) is 0 Å². The maximum absolute atomic E-state index is 5.62.